The molecule has 4 heteroatoms. The number of Topliss-reactive ketones (excluding diaryl/α,β-unsaturated/α-hetero) is 1. The van der Waals surface area contributed by atoms with E-state index in [0.29, 0.717) is 24.4 Å². The van der Waals surface area contributed by atoms with Gasteiger partial charge in [0.1, 0.15) is 0 Å². The minimum atomic E-state index is -0.438. The quantitative estimate of drug-likeness (QED) is 0.828. The molecule has 1 aromatic carbocycles. The Bertz CT molecular complexity index is 560. The highest BCUT2D eigenvalue weighted by Gasteiger charge is 2.14. The van der Waals surface area contributed by atoms with Gasteiger partial charge in [0.05, 0.1) is 0 Å². The maximum absolute atomic E-state index is 13.4. The monoisotopic (exact) mass is 249 g/mol. The van der Waals surface area contributed by atoms with Crippen molar-refractivity contribution in [3.05, 3.63) is 35.8 Å². The van der Waals surface area contributed by atoms with E-state index < -0.39 is 5.82 Å². The van der Waals surface area contributed by atoms with Gasteiger partial charge in [0.2, 0.25) is 0 Å². The molecule has 0 fully saturated rings. The Kier molecular flexibility index (Phi) is 3.77. The van der Waals surface area contributed by atoms with E-state index in [1.807, 2.05) is 13.8 Å². The van der Waals surface area contributed by atoms with E-state index >= 15 is 0 Å². The first-order valence-corrected chi connectivity index (χ1v) is 6.02. The largest absolute Gasteiger partial charge is 0.450 e. The molecule has 0 saturated heterocycles. The first-order chi connectivity index (χ1) is 8.58. The van der Waals surface area contributed by atoms with Gasteiger partial charge in [0.25, 0.3) is 0 Å². The summed E-state index contributed by atoms with van der Waals surface area (Å²) in [5, 5.41) is 3.78. The van der Waals surface area contributed by atoms with Crippen LogP contribution in [0.15, 0.2) is 28.7 Å². The number of hydrogen-bond donors (Lipinski definition) is 1. The summed E-state index contributed by atoms with van der Waals surface area (Å²) in [5.74, 6) is -0.328. The molecular formula is C14H16FNO2. The van der Waals surface area contributed by atoms with Gasteiger partial charge in [-0.3, -0.25) is 4.79 Å². The summed E-state index contributed by atoms with van der Waals surface area (Å²) in [7, 11) is 0. The number of ketones is 1. The SMILES string of the molecule is CC(C)NCCC(=O)c1cc2cccc(F)c2o1. The molecule has 1 N–H and O–H groups in total. The van der Waals surface area contributed by atoms with Crippen LogP contribution in [0.5, 0.6) is 0 Å². The smallest absolute Gasteiger partial charge is 0.199 e. The first-order valence-electron chi connectivity index (χ1n) is 6.02. The molecule has 0 amide bonds. The lowest BCUT2D eigenvalue weighted by Gasteiger charge is -2.05. The van der Waals surface area contributed by atoms with E-state index in [0.717, 1.165) is 0 Å². The van der Waals surface area contributed by atoms with Crippen LogP contribution in [-0.2, 0) is 0 Å². The third kappa shape index (κ3) is 2.76. The summed E-state index contributed by atoms with van der Waals surface area (Å²) < 4.78 is 18.7. The standard InChI is InChI=1S/C14H16FNO2/c1-9(2)16-7-6-12(17)13-8-10-4-3-5-11(15)14(10)18-13/h3-5,8-9,16H,6-7H2,1-2H3. The molecule has 2 aromatic rings. The highest BCUT2D eigenvalue weighted by Crippen LogP contribution is 2.22. The topological polar surface area (TPSA) is 42.2 Å². The molecule has 0 spiro atoms. The first kappa shape index (κ1) is 12.8. The summed E-state index contributed by atoms with van der Waals surface area (Å²) in [5.41, 5.74) is 0.151. The lowest BCUT2D eigenvalue weighted by Crippen LogP contribution is -2.25. The number of carbonyl (C=O) groups is 1. The predicted molar refractivity (Wildman–Crippen MR) is 68.3 cm³/mol. The van der Waals surface area contributed by atoms with Crippen molar-refractivity contribution in [2.75, 3.05) is 6.54 Å². The molecule has 0 radical (unpaired) electrons. The van der Waals surface area contributed by atoms with Gasteiger partial charge in [-0.05, 0) is 12.1 Å². The van der Waals surface area contributed by atoms with Crippen LogP contribution in [-0.4, -0.2) is 18.4 Å². The molecule has 96 valence electrons. The Balaban J connectivity index is 2.11. The number of fused-ring (bicyclic) bond motifs is 1. The van der Waals surface area contributed by atoms with Crippen molar-refractivity contribution < 1.29 is 13.6 Å². The zero-order chi connectivity index (χ0) is 13.1. The Hall–Kier alpha value is -1.68. The van der Waals surface area contributed by atoms with Crippen LogP contribution in [0.3, 0.4) is 0 Å². The fourth-order valence-electron chi connectivity index (χ4n) is 1.76. The second-order valence-corrected chi connectivity index (χ2v) is 4.55. The molecule has 1 heterocycles. The fourth-order valence-corrected chi connectivity index (χ4v) is 1.76. The van der Waals surface area contributed by atoms with Crippen LogP contribution < -0.4 is 5.32 Å². The van der Waals surface area contributed by atoms with Crippen LogP contribution >= 0.6 is 0 Å². The van der Waals surface area contributed by atoms with Gasteiger partial charge in [-0.1, -0.05) is 26.0 Å². The van der Waals surface area contributed by atoms with Gasteiger partial charge in [-0.2, -0.15) is 0 Å². The van der Waals surface area contributed by atoms with Crippen molar-refractivity contribution in [2.24, 2.45) is 0 Å². The molecule has 1 aromatic heterocycles. The lowest BCUT2D eigenvalue weighted by molar-refractivity contribution is 0.0957. The number of hydrogen-bond acceptors (Lipinski definition) is 3. The lowest BCUT2D eigenvalue weighted by atomic mass is 10.2. The second kappa shape index (κ2) is 5.31. The molecule has 0 aliphatic heterocycles. The normalized spacial score (nSPS) is 11.3. The maximum atomic E-state index is 13.4. The van der Waals surface area contributed by atoms with E-state index in [4.69, 9.17) is 4.42 Å². The number of benzene rings is 1. The fraction of sp³-hybridized carbons (Fsp3) is 0.357. The van der Waals surface area contributed by atoms with Crippen molar-refractivity contribution in [1.29, 1.82) is 0 Å². The predicted octanol–water partition coefficient (Wildman–Crippen LogP) is 3.14. The molecule has 0 aliphatic carbocycles. The van der Waals surface area contributed by atoms with Crippen LogP contribution in [0, 0.1) is 5.82 Å². The Morgan fingerprint density at radius 3 is 2.89 bits per heavy atom. The Labute approximate surface area is 105 Å². The molecule has 0 atom stereocenters. The number of halogens is 1. The van der Waals surface area contributed by atoms with Gasteiger partial charge >= 0.3 is 0 Å². The van der Waals surface area contributed by atoms with E-state index in [9.17, 15) is 9.18 Å². The average molecular weight is 249 g/mol. The zero-order valence-electron chi connectivity index (χ0n) is 10.5. The second-order valence-electron chi connectivity index (χ2n) is 4.55. The van der Waals surface area contributed by atoms with Crippen molar-refractivity contribution >= 4 is 16.8 Å². The van der Waals surface area contributed by atoms with Gasteiger partial charge < -0.3 is 9.73 Å². The number of para-hydroxylation sites is 1. The minimum absolute atomic E-state index is 0.112. The van der Waals surface area contributed by atoms with Gasteiger partial charge in [-0.25, -0.2) is 4.39 Å². The average Bonchev–Trinajstić information content (AvgIpc) is 2.74. The summed E-state index contributed by atoms with van der Waals surface area (Å²) in [6.45, 7) is 4.62. The molecule has 18 heavy (non-hydrogen) atoms. The van der Waals surface area contributed by atoms with Crippen molar-refractivity contribution in [3.63, 3.8) is 0 Å². The Morgan fingerprint density at radius 1 is 1.44 bits per heavy atom. The number of rotatable bonds is 5. The number of nitrogens with one attached hydrogen (secondary N) is 1. The summed E-state index contributed by atoms with van der Waals surface area (Å²) in [6.07, 6.45) is 0.347. The Morgan fingerprint density at radius 2 is 2.22 bits per heavy atom. The molecule has 3 nitrogen and oxygen atoms in total. The highest BCUT2D eigenvalue weighted by atomic mass is 19.1. The van der Waals surface area contributed by atoms with Crippen LogP contribution in [0.2, 0.25) is 0 Å². The van der Waals surface area contributed by atoms with E-state index in [2.05, 4.69) is 5.32 Å². The number of furan rings is 1. The summed E-state index contributed by atoms with van der Waals surface area (Å²) >= 11 is 0. The minimum Gasteiger partial charge on any atom is -0.450 e. The number of carbonyl (C=O) groups excluding carboxylic acids is 1. The molecule has 0 bridgehead atoms. The van der Waals surface area contributed by atoms with E-state index in [1.54, 1.807) is 18.2 Å². The van der Waals surface area contributed by atoms with Crippen molar-refractivity contribution in [2.45, 2.75) is 26.3 Å². The molecule has 0 unspecified atom stereocenters. The van der Waals surface area contributed by atoms with Crippen LogP contribution in [0.25, 0.3) is 11.0 Å². The summed E-state index contributed by atoms with van der Waals surface area (Å²) in [4.78, 5) is 11.9. The van der Waals surface area contributed by atoms with Crippen LogP contribution in [0.1, 0.15) is 30.8 Å². The van der Waals surface area contributed by atoms with Gasteiger partial charge in [0, 0.05) is 24.4 Å². The third-order valence-electron chi connectivity index (χ3n) is 2.68. The molecule has 0 saturated carbocycles. The van der Waals surface area contributed by atoms with E-state index in [1.165, 1.54) is 6.07 Å². The zero-order valence-corrected chi connectivity index (χ0v) is 10.5. The maximum Gasteiger partial charge on any atom is 0.199 e. The third-order valence-corrected chi connectivity index (χ3v) is 2.68. The van der Waals surface area contributed by atoms with Gasteiger partial charge in [0.15, 0.2) is 22.9 Å². The van der Waals surface area contributed by atoms with Gasteiger partial charge in [-0.15, -0.1) is 0 Å². The van der Waals surface area contributed by atoms with Crippen molar-refractivity contribution in [1.82, 2.24) is 5.32 Å². The highest BCUT2D eigenvalue weighted by molar-refractivity contribution is 5.97. The summed E-state index contributed by atoms with van der Waals surface area (Å²) in [6, 6.07) is 6.58. The van der Waals surface area contributed by atoms with Crippen LogP contribution in [0.4, 0.5) is 4.39 Å². The molecule has 0 aliphatic rings. The molecular weight excluding hydrogens is 233 g/mol. The van der Waals surface area contributed by atoms with Crippen molar-refractivity contribution in [3.8, 4) is 0 Å². The van der Waals surface area contributed by atoms with E-state index in [-0.39, 0.29) is 17.1 Å². The molecule has 2 rings (SSSR count).